The molecule has 37 heavy (non-hydrogen) atoms. The Morgan fingerprint density at radius 2 is 1.35 bits per heavy atom. The average molecular weight is 518 g/mol. The molecule has 2 aliphatic rings. The first-order valence-corrected chi connectivity index (χ1v) is 14.1. The molecule has 0 saturated carbocycles. The smallest absolute Gasteiger partial charge is 0.267 e. The standard InChI is InChI=1S/C29H31N3O4S/c1-22-12-14-25(15-13-22)37(35,36)32-26(16-17-27(32)33)29(34)31-20-18-30(19-21-31)28(23-8-4-2-5-9-23)24-10-6-3-7-11-24/h2-15,26,28H,16-21H2,1H3/t26-/m1/s1. The molecule has 0 spiro atoms. The van der Waals surface area contributed by atoms with Crippen molar-refractivity contribution in [1.29, 1.82) is 0 Å². The van der Waals surface area contributed by atoms with Crippen LogP contribution < -0.4 is 0 Å². The average Bonchev–Trinajstić information content (AvgIpc) is 3.32. The molecule has 1 atom stereocenters. The maximum absolute atomic E-state index is 13.6. The van der Waals surface area contributed by atoms with E-state index in [-0.39, 0.29) is 29.7 Å². The van der Waals surface area contributed by atoms with Gasteiger partial charge in [-0.3, -0.25) is 14.5 Å². The Kier molecular flexibility index (Phi) is 7.13. The highest BCUT2D eigenvalue weighted by atomic mass is 32.2. The number of nitrogens with zero attached hydrogens (tertiary/aromatic N) is 3. The first-order chi connectivity index (χ1) is 17.9. The van der Waals surface area contributed by atoms with Crippen LogP contribution in [-0.2, 0) is 19.6 Å². The number of piperazine rings is 1. The molecule has 2 amide bonds. The summed E-state index contributed by atoms with van der Waals surface area (Å²) in [6, 6.07) is 26.0. The molecule has 0 unspecified atom stereocenters. The second kappa shape index (κ2) is 10.5. The molecule has 0 radical (unpaired) electrons. The van der Waals surface area contributed by atoms with Crippen molar-refractivity contribution in [3.05, 3.63) is 102 Å². The zero-order valence-electron chi connectivity index (χ0n) is 20.9. The molecule has 0 aromatic heterocycles. The van der Waals surface area contributed by atoms with Crippen molar-refractivity contribution in [2.24, 2.45) is 0 Å². The van der Waals surface area contributed by atoms with Crippen LogP contribution in [0.15, 0.2) is 89.8 Å². The molecule has 3 aromatic rings. The summed E-state index contributed by atoms with van der Waals surface area (Å²) in [6.07, 6.45) is 0.255. The maximum atomic E-state index is 13.6. The Morgan fingerprint density at radius 3 is 1.89 bits per heavy atom. The van der Waals surface area contributed by atoms with Crippen molar-refractivity contribution in [1.82, 2.24) is 14.1 Å². The summed E-state index contributed by atoms with van der Waals surface area (Å²) in [5, 5.41) is 0. The summed E-state index contributed by atoms with van der Waals surface area (Å²) >= 11 is 0. The van der Waals surface area contributed by atoms with Crippen LogP contribution in [0.4, 0.5) is 0 Å². The first-order valence-electron chi connectivity index (χ1n) is 12.6. The van der Waals surface area contributed by atoms with Crippen LogP contribution in [0.25, 0.3) is 0 Å². The van der Waals surface area contributed by atoms with E-state index in [9.17, 15) is 18.0 Å². The minimum Gasteiger partial charge on any atom is -0.338 e. The molecule has 0 bridgehead atoms. The Hall–Kier alpha value is -3.49. The number of hydrogen-bond acceptors (Lipinski definition) is 5. The Labute approximate surface area is 218 Å². The second-order valence-electron chi connectivity index (χ2n) is 9.65. The minimum atomic E-state index is -4.11. The lowest BCUT2D eigenvalue weighted by Crippen LogP contribution is -2.55. The quantitative estimate of drug-likeness (QED) is 0.499. The number of aryl methyl sites for hydroxylation is 1. The van der Waals surface area contributed by atoms with Crippen molar-refractivity contribution in [2.45, 2.75) is 36.7 Å². The zero-order chi connectivity index (χ0) is 26.0. The van der Waals surface area contributed by atoms with E-state index in [4.69, 9.17) is 0 Å². The predicted molar refractivity (Wildman–Crippen MR) is 141 cm³/mol. The zero-order valence-corrected chi connectivity index (χ0v) is 21.7. The van der Waals surface area contributed by atoms with Gasteiger partial charge in [-0.1, -0.05) is 78.4 Å². The summed E-state index contributed by atoms with van der Waals surface area (Å²) in [5.74, 6) is -0.817. The minimum absolute atomic E-state index is 0.0320. The number of carbonyl (C=O) groups is 2. The number of hydrogen-bond donors (Lipinski definition) is 0. The molecule has 2 saturated heterocycles. The van der Waals surface area contributed by atoms with E-state index < -0.39 is 22.0 Å². The fraction of sp³-hybridized carbons (Fsp3) is 0.310. The van der Waals surface area contributed by atoms with E-state index in [1.54, 1.807) is 17.0 Å². The van der Waals surface area contributed by atoms with Crippen molar-refractivity contribution in [2.75, 3.05) is 26.2 Å². The molecular weight excluding hydrogens is 486 g/mol. The number of rotatable bonds is 6. The molecule has 7 nitrogen and oxygen atoms in total. The molecule has 3 aromatic carbocycles. The number of benzene rings is 3. The normalized spacial score (nSPS) is 19.0. The van der Waals surface area contributed by atoms with Gasteiger partial charge in [0.1, 0.15) is 6.04 Å². The number of sulfonamides is 1. The molecule has 2 aliphatic heterocycles. The Morgan fingerprint density at radius 1 is 0.811 bits per heavy atom. The van der Waals surface area contributed by atoms with Gasteiger partial charge in [-0.15, -0.1) is 0 Å². The summed E-state index contributed by atoms with van der Waals surface area (Å²) in [5.41, 5.74) is 3.29. The van der Waals surface area contributed by atoms with Crippen LogP contribution >= 0.6 is 0 Å². The van der Waals surface area contributed by atoms with Gasteiger partial charge in [0.15, 0.2) is 0 Å². The van der Waals surface area contributed by atoms with Crippen molar-refractivity contribution >= 4 is 21.8 Å². The first kappa shape index (κ1) is 25.2. The molecule has 2 heterocycles. The molecule has 0 N–H and O–H groups in total. The molecule has 2 fully saturated rings. The van der Waals surface area contributed by atoms with Gasteiger partial charge in [-0.25, -0.2) is 12.7 Å². The highest BCUT2D eigenvalue weighted by molar-refractivity contribution is 7.89. The lowest BCUT2D eigenvalue weighted by Gasteiger charge is -2.41. The summed E-state index contributed by atoms with van der Waals surface area (Å²) < 4.78 is 27.5. The third-order valence-electron chi connectivity index (χ3n) is 7.25. The summed E-state index contributed by atoms with van der Waals surface area (Å²) in [7, 11) is -4.11. The van der Waals surface area contributed by atoms with E-state index in [0.717, 1.165) is 9.87 Å². The third kappa shape index (κ3) is 5.04. The van der Waals surface area contributed by atoms with Crippen molar-refractivity contribution < 1.29 is 18.0 Å². The fourth-order valence-electron chi connectivity index (χ4n) is 5.31. The van der Waals surface area contributed by atoms with Crippen LogP contribution in [0, 0.1) is 6.92 Å². The lowest BCUT2D eigenvalue weighted by atomic mass is 9.96. The van der Waals surface area contributed by atoms with Gasteiger partial charge in [0.05, 0.1) is 10.9 Å². The van der Waals surface area contributed by atoms with E-state index in [0.29, 0.717) is 26.2 Å². The molecule has 0 aliphatic carbocycles. The molecule has 192 valence electrons. The van der Waals surface area contributed by atoms with Gasteiger partial charge in [0.25, 0.3) is 10.0 Å². The van der Waals surface area contributed by atoms with Crippen LogP contribution in [-0.4, -0.2) is 66.6 Å². The van der Waals surface area contributed by atoms with E-state index >= 15 is 0 Å². The second-order valence-corrected chi connectivity index (χ2v) is 11.5. The molecular formula is C29H31N3O4S. The Balaban J connectivity index is 1.33. The van der Waals surface area contributed by atoms with E-state index in [2.05, 4.69) is 29.2 Å². The van der Waals surface area contributed by atoms with Gasteiger partial charge in [0.2, 0.25) is 11.8 Å². The largest absolute Gasteiger partial charge is 0.338 e. The predicted octanol–water partition coefficient (Wildman–Crippen LogP) is 3.61. The summed E-state index contributed by atoms with van der Waals surface area (Å²) in [4.78, 5) is 30.3. The summed E-state index contributed by atoms with van der Waals surface area (Å²) in [6.45, 7) is 4.09. The molecule has 5 rings (SSSR count). The highest BCUT2D eigenvalue weighted by Crippen LogP contribution is 2.32. The topological polar surface area (TPSA) is 78.0 Å². The Bertz CT molecular complexity index is 1310. The fourth-order valence-corrected chi connectivity index (χ4v) is 6.90. The number of carbonyl (C=O) groups excluding carboxylic acids is 2. The van der Waals surface area contributed by atoms with E-state index in [1.165, 1.54) is 23.3 Å². The number of amides is 2. The lowest BCUT2D eigenvalue weighted by molar-refractivity contribution is -0.139. The monoisotopic (exact) mass is 517 g/mol. The van der Waals surface area contributed by atoms with Crippen molar-refractivity contribution in [3.8, 4) is 0 Å². The van der Waals surface area contributed by atoms with Gasteiger partial charge >= 0.3 is 0 Å². The highest BCUT2D eigenvalue weighted by Gasteiger charge is 2.46. The SMILES string of the molecule is Cc1ccc(S(=O)(=O)N2C(=O)CC[C@@H]2C(=O)N2CCN(C(c3ccccc3)c3ccccc3)CC2)cc1. The van der Waals surface area contributed by atoms with Crippen LogP contribution in [0.1, 0.15) is 35.6 Å². The third-order valence-corrected chi connectivity index (χ3v) is 9.09. The van der Waals surface area contributed by atoms with E-state index in [1.807, 2.05) is 43.3 Å². The van der Waals surface area contributed by atoms with Gasteiger partial charge in [-0.2, -0.15) is 0 Å². The maximum Gasteiger partial charge on any atom is 0.267 e. The molecule has 8 heteroatoms. The van der Waals surface area contributed by atoms with Gasteiger partial charge in [0, 0.05) is 32.6 Å². The van der Waals surface area contributed by atoms with Crippen LogP contribution in [0.3, 0.4) is 0 Å². The van der Waals surface area contributed by atoms with Crippen molar-refractivity contribution in [3.63, 3.8) is 0 Å². The van der Waals surface area contributed by atoms with Crippen LogP contribution in [0.5, 0.6) is 0 Å². The van der Waals surface area contributed by atoms with Gasteiger partial charge in [-0.05, 0) is 36.6 Å². The van der Waals surface area contributed by atoms with Gasteiger partial charge < -0.3 is 4.90 Å². The van der Waals surface area contributed by atoms with Crippen LogP contribution in [0.2, 0.25) is 0 Å².